The van der Waals surface area contributed by atoms with Crippen LogP contribution < -0.4 is 0 Å². The molecule has 82 valence electrons. The van der Waals surface area contributed by atoms with Gasteiger partial charge < -0.3 is 9.47 Å². The molecule has 1 saturated heterocycles. The maximum Gasteiger partial charge on any atom is 0.337 e. The Labute approximate surface area is 85.8 Å². The van der Waals surface area contributed by atoms with E-state index < -0.39 is 0 Å². The molecule has 0 aliphatic carbocycles. The first-order valence-corrected chi connectivity index (χ1v) is 5.60. The van der Waals surface area contributed by atoms with Crippen LogP contribution in [0, 0.1) is 0 Å². The molecule has 3 heteroatoms. The molecule has 1 fully saturated rings. The highest BCUT2D eigenvalue weighted by Crippen LogP contribution is 2.16. The molecule has 1 heterocycles. The molecular formula is C11H20O3. The highest BCUT2D eigenvalue weighted by Gasteiger charge is 2.34. The number of ether oxygens (including phenoxy) is 2. The van der Waals surface area contributed by atoms with Gasteiger partial charge in [-0.1, -0.05) is 26.7 Å². The second kappa shape index (κ2) is 6.02. The van der Waals surface area contributed by atoms with Gasteiger partial charge in [-0.2, -0.15) is 0 Å². The summed E-state index contributed by atoms with van der Waals surface area (Å²) >= 11 is 0. The molecule has 2 unspecified atom stereocenters. The van der Waals surface area contributed by atoms with Crippen molar-refractivity contribution in [1.29, 1.82) is 0 Å². The molecule has 2 atom stereocenters. The Morgan fingerprint density at radius 3 is 2.71 bits per heavy atom. The van der Waals surface area contributed by atoms with Crippen LogP contribution in [0.5, 0.6) is 0 Å². The second-order valence-electron chi connectivity index (χ2n) is 3.78. The molecule has 14 heavy (non-hydrogen) atoms. The summed E-state index contributed by atoms with van der Waals surface area (Å²) in [5.41, 5.74) is 0. The first-order chi connectivity index (χ1) is 6.77. The molecule has 0 aromatic heterocycles. The Hall–Kier alpha value is -0.570. The normalized spacial score (nSPS) is 21.7. The van der Waals surface area contributed by atoms with Crippen LogP contribution in [0.2, 0.25) is 0 Å². The van der Waals surface area contributed by atoms with Crippen molar-refractivity contribution < 1.29 is 14.3 Å². The van der Waals surface area contributed by atoms with Gasteiger partial charge in [0.25, 0.3) is 0 Å². The van der Waals surface area contributed by atoms with Gasteiger partial charge in [0.2, 0.25) is 0 Å². The Morgan fingerprint density at radius 1 is 1.50 bits per heavy atom. The van der Waals surface area contributed by atoms with Crippen LogP contribution in [-0.2, 0) is 14.3 Å². The van der Waals surface area contributed by atoms with Gasteiger partial charge in [-0.15, -0.1) is 0 Å². The predicted molar refractivity (Wildman–Crippen MR) is 54.1 cm³/mol. The van der Waals surface area contributed by atoms with E-state index in [4.69, 9.17) is 9.47 Å². The van der Waals surface area contributed by atoms with Crippen LogP contribution in [0.25, 0.3) is 0 Å². The van der Waals surface area contributed by atoms with Gasteiger partial charge in [0, 0.05) is 0 Å². The van der Waals surface area contributed by atoms with E-state index in [2.05, 4.69) is 13.8 Å². The van der Waals surface area contributed by atoms with Crippen molar-refractivity contribution in [1.82, 2.24) is 0 Å². The highest BCUT2D eigenvalue weighted by atomic mass is 16.6. The molecule has 1 rings (SSSR count). The van der Waals surface area contributed by atoms with Gasteiger partial charge in [0.05, 0.1) is 6.61 Å². The number of carbonyl (C=O) groups excluding carboxylic acids is 1. The van der Waals surface area contributed by atoms with E-state index in [-0.39, 0.29) is 18.2 Å². The van der Waals surface area contributed by atoms with E-state index in [0.717, 1.165) is 19.3 Å². The SMILES string of the molecule is CCCCCC(CC)OC(=O)C1CO1. The minimum absolute atomic E-state index is 0.0956. The average Bonchev–Trinajstić information content (AvgIpc) is 2.99. The third-order valence-electron chi connectivity index (χ3n) is 2.46. The Kier molecular flexibility index (Phi) is 4.94. The zero-order valence-corrected chi connectivity index (χ0v) is 9.12. The molecule has 1 aliphatic rings. The quantitative estimate of drug-likeness (QED) is 0.359. The molecule has 0 bridgehead atoms. The summed E-state index contributed by atoms with van der Waals surface area (Å²) < 4.78 is 10.2. The number of hydrogen-bond acceptors (Lipinski definition) is 3. The van der Waals surface area contributed by atoms with E-state index in [1.165, 1.54) is 12.8 Å². The monoisotopic (exact) mass is 200 g/mol. The van der Waals surface area contributed by atoms with Crippen LogP contribution in [0.3, 0.4) is 0 Å². The summed E-state index contributed by atoms with van der Waals surface area (Å²) in [7, 11) is 0. The molecule has 1 aliphatic heterocycles. The standard InChI is InChI=1S/C11H20O3/c1-3-5-6-7-9(4-2)14-11(12)10-8-13-10/h9-10H,3-8H2,1-2H3. The van der Waals surface area contributed by atoms with E-state index in [1.54, 1.807) is 0 Å². The van der Waals surface area contributed by atoms with Crippen molar-refractivity contribution in [3.63, 3.8) is 0 Å². The van der Waals surface area contributed by atoms with Gasteiger partial charge in [-0.25, -0.2) is 4.79 Å². The molecule has 0 N–H and O–H groups in total. The Morgan fingerprint density at radius 2 is 2.21 bits per heavy atom. The largest absolute Gasteiger partial charge is 0.460 e. The van der Waals surface area contributed by atoms with Crippen LogP contribution in [0.15, 0.2) is 0 Å². The smallest absolute Gasteiger partial charge is 0.337 e. The van der Waals surface area contributed by atoms with E-state index in [9.17, 15) is 4.79 Å². The molecule has 0 saturated carbocycles. The molecule has 3 nitrogen and oxygen atoms in total. The lowest BCUT2D eigenvalue weighted by atomic mass is 10.1. The fourth-order valence-corrected chi connectivity index (χ4v) is 1.39. The molecule has 0 aromatic rings. The van der Waals surface area contributed by atoms with Crippen molar-refractivity contribution in [2.75, 3.05) is 6.61 Å². The maximum absolute atomic E-state index is 11.3. The summed E-state index contributed by atoms with van der Waals surface area (Å²) in [5.74, 6) is -0.173. The molecular weight excluding hydrogens is 180 g/mol. The van der Waals surface area contributed by atoms with Crippen molar-refractivity contribution >= 4 is 5.97 Å². The van der Waals surface area contributed by atoms with E-state index in [0.29, 0.717) is 6.61 Å². The third-order valence-corrected chi connectivity index (χ3v) is 2.46. The van der Waals surface area contributed by atoms with Gasteiger partial charge >= 0.3 is 5.97 Å². The number of unbranched alkanes of at least 4 members (excludes halogenated alkanes) is 2. The molecule has 0 radical (unpaired) electrons. The first kappa shape index (κ1) is 11.5. The van der Waals surface area contributed by atoms with Crippen molar-refractivity contribution in [3.05, 3.63) is 0 Å². The lowest BCUT2D eigenvalue weighted by molar-refractivity contribution is -0.151. The summed E-state index contributed by atoms with van der Waals surface area (Å²) in [4.78, 5) is 11.3. The number of epoxide rings is 1. The lowest BCUT2D eigenvalue weighted by Crippen LogP contribution is -2.21. The van der Waals surface area contributed by atoms with Crippen LogP contribution in [-0.4, -0.2) is 24.8 Å². The van der Waals surface area contributed by atoms with E-state index in [1.807, 2.05) is 0 Å². The maximum atomic E-state index is 11.3. The number of hydrogen-bond donors (Lipinski definition) is 0. The fraction of sp³-hybridized carbons (Fsp3) is 0.909. The van der Waals surface area contributed by atoms with Crippen molar-refractivity contribution in [2.45, 2.75) is 58.2 Å². The summed E-state index contributed by atoms with van der Waals surface area (Å²) in [5, 5.41) is 0. The van der Waals surface area contributed by atoms with Gasteiger partial charge in [-0.3, -0.25) is 0 Å². The number of carbonyl (C=O) groups is 1. The first-order valence-electron chi connectivity index (χ1n) is 5.60. The van der Waals surface area contributed by atoms with Crippen LogP contribution >= 0.6 is 0 Å². The highest BCUT2D eigenvalue weighted by molar-refractivity contribution is 5.77. The van der Waals surface area contributed by atoms with Crippen LogP contribution in [0.1, 0.15) is 46.0 Å². The Bertz CT molecular complexity index is 175. The summed E-state index contributed by atoms with van der Waals surface area (Å²) in [6.07, 6.45) is 5.30. The lowest BCUT2D eigenvalue weighted by Gasteiger charge is -2.14. The van der Waals surface area contributed by atoms with Gasteiger partial charge in [-0.05, 0) is 19.3 Å². The minimum atomic E-state index is -0.254. The second-order valence-corrected chi connectivity index (χ2v) is 3.78. The fourth-order valence-electron chi connectivity index (χ4n) is 1.39. The van der Waals surface area contributed by atoms with Gasteiger partial charge in [0.1, 0.15) is 6.10 Å². The topological polar surface area (TPSA) is 38.8 Å². The zero-order valence-electron chi connectivity index (χ0n) is 9.12. The number of rotatable bonds is 7. The average molecular weight is 200 g/mol. The van der Waals surface area contributed by atoms with Gasteiger partial charge in [0.15, 0.2) is 6.10 Å². The van der Waals surface area contributed by atoms with E-state index >= 15 is 0 Å². The third kappa shape index (κ3) is 4.09. The molecule has 0 spiro atoms. The zero-order chi connectivity index (χ0) is 10.4. The van der Waals surface area contributed by atoms with Crippen molar-refractivity contribution in [3.8, 4) is 0 Å². The van der Waals surface area contributed by atoms with Crippen LogP contribution in [0.4, 0.5) is 0 Å². The summed E-state index contributed by atoms with van der Waals surface area (Å²) in [6.45, 7) is 4.77. The molecule has 0 amide bonds. The van der Waals surface area contributed by atoms with Crippen molar-refractivity contribution in [2.24, 2.45) is 0 Å². The Balaban J connectivity index is 2.13. The predicted octanol–water partition coefficient (Wildman–Crippen LogP) is 2.29. The number of esters is 1. The minimum Gasteiger partial charge on any atom is -0.460 e. The molecule has 0 aromatic carbocycles. The summed E-state index contributed by atoms with van der Waals surface area (Å²) in [6, 6.07) is 0.